The number of primary amides is 1. The Morgan fingerprint density at radius 3 is 2.93 bits per heavy atom. The zero-order valence-corrected chi connectivity index (χ0v) is 8.45. The molecule has 0 aromatic rings. The van der Waals surface area contributed by atoms with Crippen LogP contribution < -0.4 is 11.1 Å². The molecule has 0 bridgehead atoms. The number of hydrogen-bond donors (Lipinski definition) is 2. The maximum absolute atomic E-state index is 11.4. The van der Waals surface area contributed by atoms with Crippen molar-refractivity contribution in [2.24, 2.45) is 11.7 Å². The molecular formula is C9H17N3O2. The van der Waals surface area contributed by atoms with Crippen LogP contribution in [0.2, 0.25) is 0 Å². The summed E-state index contributed by atoms with van der Waals surface area (Å²) in [7, 11) is 0. The molecule has 1 heterocycles. The summed E-state index contributed by atoms with van der Waals surface area (Å²) >= 11 is 0. The molecule has 1 atom stereocenters. The van der Waals surface area contributed by atoms with Crippen LogP contribution in [-0.2, 0) is 9.59 Å². The van der Waals surface area contributed by atoms with Crippen molar-refractivity contribution in [3.05, 3.63) is 0 Å². The summed E-state index contributed by atoms with van der Waals surface area (Å²) in [6.45, 7) is 4.82. The van der Waals surface area contributed by atoms with E-state index in [2.05, 4.69) is 5.32 Å². The fraction of sp³-hybridized carbons (Fsp3) is 0.778. The Labute approximate surface area is 83.6 Å². The molecule has 0 radical (unpaired) electrons. The third-order valence-electron chi connectivity index (χ3n) is 2.43. The molecule has 0 aromatic heterocycles. The molecule has 5 nitrogen and oxygen atoms in total. The highest BCUT2D eigenvalue weighted by molar-refractivity contribution is 5.88. The molecule has 1 aliphatic heterocycles. The van der Waals surface area contributed by atoms with Gasteiger partial charge < -0.3 is 16.0 Å². The molecule has 5 heteroatoms. The molecule has 1 fully saturated rings. The zero-order valence-electron chi connectivity index (χ0n) is 8.45. The Hall–Kier alpha value is -1.10. The summed E-state index contributed by atoms with van der Waals surface area (Å²) in [5, 5.41) is 3.13. The molecule has 0 spiro atoms. The van der Waals surface area contributed by atoms with Gasteiger partial charge in [0.2, 0.25) is 11.8 Å². The predicted octanol–water partition coefficient (Wildman–Crippen LogP) is -1.07. The van der Waals surface area contributed by atoms with Gasteiger partial charge in [0.25, 0.3) is 0 Å². The second-order valence-corrected chi connectivity index (χ2v) is 3.50. The van der Waals surface area contributed by atoms with E-state index in [9.17, 15) is 9.59 Å². The van der Waals surface area contributed by atoms with Crippen LogP contribution in [0.4, 0.5) is 0 Å². The van der Waals surface area contributed by atoms with Crippen LogP contribution in [0.5, 0.6) is 0 Å². The average molecular weight is 199 g/mol. The summed E-state index contributed by atoms with van der Waals surface area (Å²) in [5.41, 5.74) is 5.14. The molecule has 0 aliphatic carbocycles. The number of carbonyl (C=O) groups excluding carboxylic acids is 2. The summed E-state index contributed by atoms with van der Waals surface area (Å²) in [6, 6.07) is 0. The zero-order chi connectivity index (χ0) is 10.6. The fourth-order valence-corrected chi connectivity index (χ4v) is 1.57. The first-order valence-electron chi connectivity index (χ1n) is 4.93. The third kappa shape index (κ3) is 2.70. The minimum Gasteiger partial charge on any atom is -0.369 e. The van der Waals surface area contributed by atoms with Crippen molar-refractivity contribution in [1.29, 1.82) is 0 Å². The lowest BCUT2D eigenvalue weighted by atomic mass is 10.1. The van der Waals surface area contributed by atoms with E-state index in [0.717, 1.165) is 13.1 Å². The Morgan fingerprint density at radius 1 is 1.71 bits per heavy atom. The molecule has 1 saturated heterocycles. The van der Waals surface area contributed by atoms with E-state index in [1.807, 2.05) is 6.92 Å². The Morgan fingerprint density at radius 2 is 2.43 bits per heavy atom. The molecular weight excluding hydrogens is 182 g/mol. The number of rotatable bonds is 5. The lowest BCUT2D eigenvalue weighted by Crippen LogP contribution is -2.34. The first-order chi connectivity index (χ1) is 6.65. The number of likely N-dealkylation sites (N-methyl/N-ethyl adjacent to an activating group) is 1. The van der Waals surface area contributed by atoms with Gasteiger partial charge in [-0.05, 0) is 6.54 Å². The SMILES string of the molecule is CCNCCN1CC(C(N)=O)CC1=O. The van der Waals surface area contributed by atoms with Gasteiger partial charge in [0.1, 0.15) is 0 Å². The van der Waals surface area contributed by atoms with E-state index in [-0.39, 0.29) is 24.2 Å². The van der Waals surface area contributed by atoms with Gasteiger partial charge in [-0.3, -0.25) is 9.59 Å². The molecule has 0 saturated carbocycles. The van der Waals surface area contributed by atoms with E-state index in [1.165, 1.54) is 0 Å². The lowest BCUT2D eigenvalue weighted by Gasteiger charge is -2.15. The second-order valence-electron chi connectivity index (χ2n) is 3.50. The fourth-order valence-electron chi connectivity index (χ4n) is 1.57. The van der Waals surface area contributed by atoms with Gasteiger partial charge in [-0.15, -0.1) is 0 Å². The standard InChI is InChI=1S/C9H17N3O2/c1-2-11-3-4-12-6-7(9(10)14)5-8(12)13/h7,11H,2-6H2,1H3,(H2,10,14). The summed E-state index contributed by atoms with van der Waals surface area (Å²) in [5.74, 6) is -0.625. The van der Waals surface area contributed by atoms with Gasteiger partial charge in [-0.2, -0.15) is 0 Å². The van der Waals surface area contributed by atoms with Crippen LogP contribution in [0, 0.1) is 5.92 Å². The van der Waals surface area contributed by atoms with Crippen molar-refractivity contribution < 1.29 is 9.59 Å². The number of nitrogens with zero attached hydrogens (tertiary/aromatic N) is 1. The number of hydrogen-bond acceptors (Lipinski definition) is 3. The Bertz CT molecular complexity index is 230. The van der Waals surface area contributed by atoms with E-state index < -0.39 is 0 Å². The maximum Gasteiger partial charge on any atom is 0.223 e. The van der Waals surface area contributed by atoms with Crippen LogP contribution in [0.1, 0.15) is 13.3 Å². The number of nitrogens with one attached hydrogen (secondary N) is 1. The Kier molecular flexibility index (Phi) is 3.88. The molecule has 1 unspecified atom stereocenters. The van der Waals surface area contributed by atoms with Gasteiger partial charge in [0, 0.05) is 26.1 Å². The van der Waals surface area contributed by atoms with Crippen LogP contribution in [-0.4, -0.2) is 42.9 Å². The second kappa shape index (κ2) is 4.95. The highest BCUT2D eigenvalue weighted by Crippen LogP contribution is 2.16. The molecule has 0 aromatic carbocycles. The van der Waals surface area contributed by atoms with Crippen LogP contribution >= 0.6 is 0 Å². The van der Waals surface area contributed by atoms with E-state index in [1.54, 1.807) is 4.90 Å². The highest BCUT2D eigenvalue weighted by Gasteiger charge is 2.32. The van der Waals surface area contributed by atoms with E-state index in [4.69, 9.17) is 5.73 Å². The monoisotopic (exact) mass is 199 g/mol. The number of amides is 2. The van der Waals surface area contributed by atoms with Crippen LogP contribution in [0.25, 0.3) is 0 Å². The summed E-state index contributed by atoms with van der Waals surface area (Å²) < 4.78 is 0. The summed E-state index contributed by atoms with van der Waals surface area (Å²) in [6.07, 6.45) is 0.279. The van der Waals surface area contributed by atoms with Crippen molar-refractivity contribution in [1.82, 2.24) is 10.2 Å². The van der Waals surface area contributed by atoms with Crippen molar-refractivity contribution >= 4 is 11.8 Å². The smallest absolute Gasteiger partial charge is 0.223 e. The predicted molar refractivity (Wildman–Crippen MR) is 52.4 cm³/mol. The quantitative estimate of drug-likeness (QED) is 0.554. The van der Waals surface area contributed by atoms with Gasteiger partial charge in [-0.1, -0.05) is 6.92 Å². The normalized spacial score (nSPS) is 21.6. The van der Waals surface area contributed by atoms with E-state index in [0.29, 0.717) is 13.1 Å². The molecule has 14 heavy (non-hydrogen) atoms. The molecule has 1 rings (SSSR count). The number of nitrogens with two attached hydrogens (primary N) is 1. The molecule has 3 N–H and O–H groups in total. The minimum atomic E-state index is -0.371. The minimum absolute atomic E-state index is 0.0340. The Balaban J connectivity index is 2.33. The highest BCUT2D eigenvalue weighted by atomic mass is 16.2. The van der Waals surface area contributed by atoms with Gasteiger partial charge in [-0.25, -0.2) is 0 Å². The van der Waals surface area contributed by atoms with Crippen molar-refractivity contribution in [2.45, 2.75) is 13.3 Å². The van der Waals surface area contributed by atoms with Crippen LogP contribution in [0.3, 0.4) is 0 Å². The molecule has 1 aliphatic rings. The van der Waals surface area contributed by atoms with Gasteiger partial charge in [0.05, 0.1) is 5.92 Å². The van der Waals surface area contributed by atoms with E-state index >= 15 is 0 Å². The van der Waals surface area contributed by atoms with Gasteiger partial charge >= 0.3 is 0 Å². The van der Waals surface area contributed by atoms with Gasteiger partial charge in [0.15, 0.2) is 0 Å². The molecule has 80 valence electrons. The van der Waals surface area contributed by atoms with Crippen LogP contribution in [0.15, 0.2) is 0 Å². The molecule has 2 amide bonds. The lowest BCUT2D eigenvalue weighted by molar-refractivity contribution is -0.128. The topological polar surface area (TPSA) is 75.4 Å². The number of likely N-dealkylation sites (tertiary alicyclic amines) is 1. The van der Waals surface area contributed by atoms with Crippen molar-refractivity contribution in [3.8, 4) is 0 Å². The third-order valence-corrected chi connectivity index (χ3v) is 2.43. The number of carbonyl (C=O) groups is 2. The van der Waals surface area contributed by atoms with Crippen molar-refractivity contribution in [2.75, 3.05) is 26.2 Å². The maximum atomic E-state index is 11.4. The first-order valence-corrected chi connectivity index (χ1v) is 4.93. The first kappa shape index (κ1) is 11.0. The van der Waals surface area contributed by atoms with Crippen molar-refractivity contribution in [3.63, 3.8) is 0 Å². The summed E-state index contributed by atoms with van der Waals surface area (Å²) in [4.78, 5) is 23.9. The average Bonchev–Trinajstić information content (AvgIpc) is 2.49. The largest absolute Gasteiger partial charge is 0.369 e.